The zero-order valence-corrected chi connectivity index (χ0v) is 30.1. The smallest absolute Gasteiger partial charge is 0.330 e. The van der Waals surface area contributed by atoms with Gasteiger partial charge in [0.2, 0.25) is 0 Å². The van der Waals surface area contributed by atoms with Crippen molar-refractivity contribution in [2.75, 3.05) is 12.7 Å². The summed E-state index contributed by atoms with van der Waals surface area (Å²) in [6.07, 6.45) is 5.57. The highest BCUT2D eigenvalue weighted by Crippen LogP contribution is 2.53. The molecular formula is C46H39BNP2+. The van der Waals surface area contributed by atoms with Crippen LogP contribution in [0, 0.1) is 0 Å². The lowest BCUT2D eigenvalue weighted by molar-refractivity contribution is 1.12. The van der Waals surface area contributed by atoms with Gasteiger partial charge in [0.25, 0.3) is 0 Å². The van der Waals surface area contributed by atoms with Gasteiger partial charge in [-0.25, -0.2) is 0 Å². The number of rotatable bonds is 2. The maximum Gasteiger partial charge on any atom is 0.363 e. The number of nitrogens with two attached hydrogens (primary N) is 1. The number of hydrogen-bond acceptors (Lipinski definition) is 1. The largest absolute Gasteiger partial charge is 0.363 e. The Bertz CT molecular complexity index is 2380. The van der Waals surface area contributed by atoms with Gasteiger partial charge in [-0.1, -0.05) is 154 Å². The van der Waals surface area contributed by atoms with E-state index in [1.807, 2.05) is 0 Å². The van der Waals surface area contributed by atoms with Crippen LogP contribution in [0.5, 0.6) is 0 Å². The van der Waals surface area contributed by atoms with Crippen molar-refractivity contribution < 1.29 is 0 Å². The highest BCUT2D eigenvalue weighted by atomic mass is 31.1. The molecule has 0 fully saturated rings. The second kappa shape index (κ2) is 13.4. The van der Waals surface area contributed by atoms with Gasteiger partial charge in [-0.3, -0.25) is 0 Å². The summed E-state index contributed by atoms with van der Waals surface area (Å²) >= 11 is 0. The third-order valence-corrected chi connectivity index (χ3v) is 14.8. The Morgan fingerprint density at radius 1 is 0.440 bits per heavy atom. The molecule has 8 aromatic carbocycles. The summed E-state index contributed by atoms with van der Waals surface area (Å²) in [5, 5.41) is 10.7. The summed E-state index contributed by atoms with van der Waals surface area (Å²) < 4.78 is 0. The summed E-state index contributed by atoms with van der Waals surface area (Å²) in [4.78, 5) is 0. The molecule has 0 bridgehead atoms. The summed E-state index contributed by atoms with van der Waals surface area (Å²) in [7, 11) is 5.56. The van der Waals surface area contributed by atoms with E-state index in [1.54, 1.807) is 0 Å². The van der Waals surface area contributed by atoms with Crippen LogP contribution in [-0.2, 0) is 24.6 Å². The summed E-state index contributed by atoms with van der Waals surface area (Å²) in [6, 6.07) is 53.5. The second-order valence-electron chi connectivity index (χ2n) is 13.8. The Labute approximate surface area is 298 Å². The Morgan fingerprint density at radius 2 is 0.760 bits per heavy atom. The lowest BCUT2D eigenvalue weighted by atomic mass is 9.88. The van der Waals surface area contributed by atoms with Crippen LogP contribution in [-0.4, -0.2) is 20.3 Å². The van der Waals surface area contributed by atoms with Gasteiger partial charge in [0.1, 0.15) is 0 Å². The first-order chi connectivity index (χ1) is 24.7. The molecule has 50 heavy (non-hydrogen) atoms. The van der Waals surface area contributed by atoms with Crippen LogP contribution in [0.25, 0.3) is 65.3 Å². The molecule has 8 aromatic rings. The highest BCUT2D eigenvalue weighted by Gasteiger charge is 2.26. The van der Waals surface area contributed by atoms with Gasteiger partial charge >= 0.3 is 7.57 Å². The van der Waals surface area contributed by atoms with Gasteiger partial charge < -0.3 is 5.73 Å². The minimum absolute atomic E-state index is 0.107. The van der Waals surface area contributed by atoms with Crippen LogP contribution in [0.1, 0.15) is 22.3 Å². The molecule has 0 spiro atoms. The van der Waals surface area contributed by atoms with Gasteiger partial charge in [-0.15, -0.1) is 0 Å². The molecule has 1 nitrogen and oxygen atoms in total. The molecule has 0 aromatic heterocycles. The average Bonchev–Trinajstić information content (AvgIpc) is 3.42. The van der Waals surface area contributed by atoms with Gasteiger partial charge in [-0.05, 0) is 120 Å². The number of hydrogen-bond donors (Lipinski definition) is 1. The van der Waals surface area contributed by atoms with E-state index in [0.717, 1.165) is 25.0 Å². The number of fused-ring (bicyclic) bond motifs is 14. The van der Waals surface area contributed by atoms with Crippen molar-refractivity contribution in [3.05, 3.63) is 168 Å². The first-order valence-corrected chi connectivity index (χ1v) is 21.6. The first-order valence-electron chi connectivity index (χ1n) is 17.7. The zero-order chi connectivity index (χ0) is 33.6. The molecule has 10 rings (SSSR count). The van der Waals surface area contributed by atoms with E-state index in [9.17, 15) is 0 Å². The number of benzene rings is 8. The SMILES string of the molecule is NCCP1Cc2ccc3ccccc3c2-c2c(ccc3ccccc23)C1.[B][PH+]1Cc2ccc3ccccc3c2-c2c(ccc3ccccc23)C1. The molecule has 240 valence electrons. The minimum atomic E-state index is -0.888. The predicted molar refractivity (Wildman–Crippen MR) is 224 cm³/mol. The van der Waals surface area contributed by atoms with Crippen LogP contribution >= 0.6 is 15.7 Å². The van der Waals surface area contributed by atoms with Crippen molar-refractivity contribution in [2.24, 2.45) is 5.73 Å². The standard InChI is InChI=1S/C24H22NP.C22H17BP/c25-13-14-26-15-19-11-9-17-5-1-3-7-21(17)23(19)24-20(16-26)12-10-18-6-2-4-8-22(18)24;23-24-13-17-11-9-15-5-1-3-7-19(15)21(17)22-18(14-24)12-10-16-6-2-4-8-20(16)22/h1-12H,13-16,25H2;1-12,24H,13-14H2/q;+1. The monoisotopic (exact) mass is 678 g/mol. The first kappa shape index (κ1) is 31.7. The molecular weight excluding hydrogens is 639 g/mol. The molecule has 4 heteroatoms. The zero-order valence-electron chi connectivity index (χ0n) is 28.2. The minimum Gasteiger partial charge on any atom is -0.330 e. The maximum atomic E-state index is 6.55. The summed E-state index contributed by atoms with van der Waals surface area (Å²) in [6.45, 7) is 0.789. The van der Waals surface area contributed by atoms with Crippen LogP contribution < -0.4 is 5.73 Å². The maximum absolute atomic E-state index is 6.55. The normalized spacial score (nSPS) is 14.3. The molecule has 0 aliphatic carbocycles. The predicted octanol–water partition coefficient (Wildman–Crippen LogP) is 12.1. The van der Waals surface area contributed by atoms with E-state index in [2.05, 4.69) is 146 Å². The van der Waals surface area contributed by atoms with E-state index in [-0.39, 0.29) is 7.92 Å². The topological polar surface area (TPSA) is 26.0 Å². The van der Waals surface area contributed by atoms with E-state index >= 15 is 0 Å². The molecule has 0 atom stereocenters. The van der Waals surface area contributed by atoms with Gasteiger partial charge in [0.15, 0.2) is 0 Å². The molecule has 0 unspecified atom stereocenters. The van der Waals surface area contributed by atoms with Crippen LogP contribution in [0.2, 0.25) is 0 Å². The molecule has 2 radical (unpaired) electrons. The van der Waals surface area contributed by atoms with Crippen molar-refractivity contribution >= 4 is 66.4 Å². The fourth-order valence-corrected chi connectivity index (χ4v) is 12.4. The lowest BCUT2D eigenvalue weighted by Gasteiger charge is -2.15. The Hall–Kier alpha value is -4.32. The molecule has 2 aliphatic heterocycles. The summed E-state index contributed by atoms with van der Waals surface area (Å²) in [5.74, 6) is 0. The Kier molecular flexibility index (Phi) is 8.50. The van der Waals surface area contributed by atoms with E-state index in [1.165, 1.54) is 99.9 Å². The van der Waals surface area contributed by atoms with E-state index < -0.39 is 7.80 Å². The summed E-state index contributed by atoms with van der Waals surface area (Å²) in [5.41, 5.74) is 17.5. The van der Waals surface area contributed by atoms with Crippen molar-refractivity contribution in [3.8, 4) is 22.3 Å². The van der Waals surface area contributed by atoms with Crippen LogP contribution in [0.15, 0.2) is 146 Å². The van der Waals surface area contributed by atoms with Gasteiger partial charge in [0, 0.05) is 0 Å². The fourth-order valence-electron chi connectivity index (χ4n) is 8.44. The van der Waals surface area contributed by atoms with Crippen LogP contribution in [0.4, 0.5) is 0 Å². The Morgan fingerprint density at radius 3 is 1.12 bits per heavy atom. The van der Waals surface area contributed by atoms with Crippen LogP contribution in [0.3, 0.4) is 0 Å². The average molecular weight is 679 g/mol. The fraction of sp³-hybridized carbons (Fsp3) is 0.130. The van der Waals surface area contributed by atoms with E-state index in [4.69, 9.17) is 13.3 Å². The molecule has 2 aliphatic rings. The molecule has 0 saturated carbocycles. The van der Waals surface area contributed by atoms with Crippen molar-refractivity contribution in [1.29, 1.82) is 0 Å². The quantitative estimate of drug-likeness (QED) is 0.143. The molecule has 2 heterocycles. The Balaban J connectivity index is 0.000000135. The van der Waals surface area contributed by atoms with Gasteiger partial charge in [-0.2, -0.15) is 0 Å². The molecule has 0 saturated heterocycles. The van der Waals surface area contributed by atoms with E-state index in [0.29, 0.717) is 0 Å². The lowest BCUT2D eigenvalue weighted by Crippen LogP contribution is -2.05. The molecule has 2 N–H and O–H groups in total. The van der Waals surface area contributed by atoms with Crippen molar-refractivity contribution in [2.45, 2.75) is 24.6 Å². The molecule has 0 amide bonds. The second-order valence-corrected chi connectivity index (χ2v) is 18.2. The third-order valence-electron chi connectivity index (χ3n) is 10.6. The highest BCUT2D eigenvalue weighted by molar-refractivity contribution is 7.80. The van der Waals surface area contributed by atoms with Crippen molar-refractivity contribution in [3.63, 3.8) is 0 Å². The van der Waals surface area contributed by atoms with Gasteiger partial charge in [0.05, 0.1) is 12.3 Å². The third kappa shape index (κ3) is 5.65. The van der Waals surface area contributed by atoms with Crippen molar-refractivity contribution in [1.82, 2.24) is 0 Å².